The summed E-state index contributed by atoms with van der Waals surface area (Å²) in [5.41, 5.74) is 2.98. The summed E-state index contributed by atoms with van der Waals surface area (Å²) in [6, 6.07) is 17.1. The van der Waals surface area contributed by atoms with Gasteiger partial charge in [0.1, 0.15) is 0 Å². The van der Waals surface area contributed by atoms with Gasteiger partial charge in [-0.2, -0.15) is 0 Å². The van der Waals surface area contributed by atoms with Crippen LogP contribution in [0.2, 0.25) is 0 Å². The van der Waals surface area contributed by atoms with E-state index in [-0.39, 0.29) is 22.2 Å². The first kappa shape index (κ1) is 23.3. The van der Waals surface area contributed by atoms with E-state index in [0.717, 1.165) is 16.0 Å². The summed E-state index contributed by atoms with van der Waals surface area (Å²) in [5, 5.41) is 13.4. The van der Waals surface area contributed by atoms with Gasteiger partial charge in [-0.25, -0.2) is 8.42 Å². The summed E-state index contributed by atoms with van der Waals surface area (Å²) in [5.74, 6) is -0.177. The van der Waals surface area contributed by atoms with Crippen molar-refractivity contribution in [2.45, 2.75) is 23.6 Å². The minimum Gasteiger partial charge on any atom is -0.325 e. The Morgan fingerprint density at radius 1 is 0.938 bits per heavy atom. The summed E-state index contributed by atoms with van der Waals surface area (Å²) in [6.45, 7) is 3.86. The van der Waals surface area contributed by atoms with E-state index in [1.807, 2.05) is 19.9 Å². The highest BCUT2D eigenvalue weighted by Crippen LogP contribution is 2.23. The monoisotopic (exact) mass is 471 g/mol. The second-order valence-electron chi connectivity index (χ2n) is 7.02. The number of carbonyl (C=O) groups is 1. The molecule has 0 heterocycles. The van der Waals surface area contributed by atoms with Crippen molar-refractivity contribution in [2.75, 3.05) is 15.8 Å². The molecule has 0 bridgehead atoms. The molecule has 8 nitrogen and oxygen atoms in total. The highest BCUT2D eigenvalue weighted by Gasteiger charge is 2.15. The second-order valence-corrected chi connectivity index (χ2v) is 9.75. The van der Waals surface area contributed by atoms with E-state index in [9.17, 15) is 23.3 Å². The fourth-order valence-electron chi connectivity index (χ4n) is 2.75. The van der Waals surface area contributed by atoms with E-state index in [4.69, 9.17) is 0 Å². The van der Waals surface area contributed by atoms with Gasteiger partial charge >= 0.3 is 0 Å². The molecule has 0 atom stereocenters. The number of carbonyl (C=O) groups excluding carboxylic acids is 1. The maximum absolute atomic E-state index is 12.6. The van der Waals surface area contributed by atoms with Crippen LogP contribution in [0.1, 0.15) is 11.1 Å². The third-order valence-corrected chi connectivity index (χ3v) is 7.03. The summed E-state index contributed by atoms with van der Waals surface area (Å²) >= 11 is 1.24. The summed E-state index contributed by atoms with van der Waals surface area (Å²) < 4.78 is 27.8. The number of benzene rings is 3. The molecule has 1 amide bonds. The Hall–Kier alpha value is -3.37. The van der Waals surface area contributed by atoms with E-state index >= 15 is 0 Å². The molecule has 0 saturated carbocycles. The van der Waals surface area contributed by atoms with Gasteiger partial charge in [0.15, 0.2) is 0 Å². The van der Waals surface area contributed by atoms with E-state index in [1.165, 1.54) is 48.2 Å². The van der Waals surface area contributed by atoms with Crippen LogP contribution in [0.25, 0.3) is 0 Å². The van der Waals surface area contributed by atoms with Crippen LogP contribution in [0.4, 0.5) is 17.1 Å². The molecule has 3 rings (SSSR count). The van der Waals surface area contributed by atoms with E-state index in [2.05, 4.69) is 10.0 Å². The molecule has 0 aromatic heterocycles. The van der Waals surface area contributed by atoms with Crippen LogP contribution in [-0.4, -0.2) is 25.0 Å². The van der Waals surface area contributed by atoms with Crippen molar-refractivity contribution < 1.29 is 18.1 Å². The lowest BCUT2D eigenvalue weighted by Gasteiger charge is -2.11. The van der Waals surface area contributed by atoms with Crippen LogP contribution in [0, 0.1) is 24.0 Å². The molecule has 0 unspecified atom stereocenters. The van der Waals surface area contributed by atoms with Gasteiger partial charge in [-0.1, -0.05) is 6.07 Å². The van der Waals surface area contributed by atoms with E-state index in [1.54, 1.807) is 24.3 Å². The lowest BCUT2D eigenvalue weighted by Crippen LogP contribution is -2.15. The number of anilines is 2. The highest BCUT2D eigenvalue weighted by atomic mass is 32.2. The average molecular weight is 472 g/mol. The van der Waals surface area contributed by atoms with Crippen molar-refractivity contribution in [2.24, 2.45) is 0 Å². The summed E-state index contributed by atoms with van der Waals surface area (Å²) in [6.07, 6.45) is 0. The molecule has 3 aromatic rings. The molecule has 10 heteroatoms. The Kier molecular flexibility index (Phi) is 7.16. The first-order chi connectivity index (χ1) is 15.1. The SMILES string of the molecule is Cc1ccc(NS(=O)(=O)c2ccc(NC(=O)CSc3ccc([N+](=O)[O-])cc3)cc2)cc1C. The Balaban J connectivity index is 1.57. The molecule has 0 radical (unpaired) electrons. The minimum absolute atomic E-state index is 0.0131. The van der Waals surface area contributed by atoms with Crippen LogP contribution in [0.5, 0.6) is 0 Å². The van der Waals surface area contributed by atoms with Crippen molar-refractivity contribution in [3.63, 3.8) is 0 Å². The first-order valence-electron chi connectivity index (χ1n) is 9.51. The number of thioether (sulfide) groups is 1. The number of nitrogens with zero attached hydrogens (tertiary/aromatic N) is 1. The maximum Gasteiger partial charge on any atom is 0.269 e. The molecule has 0 aliphatic heterocycles. The fourth-order valence-corrected chi connectivity index (χ4v) is 4.49. The zero-order valence-corrected chi connectivity index (χ0v) is 19.0. The lowest BCUT2D eigenvalue weighted by molar-refractivity contribution is -0.384. The molecule has 166 valence electrons. The summed E-state index contributed by atoms with van der Waals surface area (Å²) in [4.78, 5) is 23.2. The van der Waals surface area contributed by atoms with Crippen LogP contribution < -0.4 is 10.0 Å². The van der Waals surface area contributed by atoms with Crippen LogP contribution in [-0.2, 0) is 14.8 Å². The largest absolute Gasteiger partial charge is 0.325 e. The number of hydrogen-bond donors (Lipinski definition) is 2. The number of nitro groups is 1. The van der Waals surface area contributed by atoms with Gasteiger partial charge < -0.3 is 5.32 Å². The number of aryl methyl sites for hydroxylation is 2. The zero-order valence-electron chi connectivity index (χ0n) is 17.4. The van der Waals surface area contributed by atoms with Gasteiger partial charge in [-0.05, 0) is 73.5 Å². The van der Waals surface area contributed by atoms with Crippen molar-refractivity contribution in [3.8, 4) is 0 Å². The third kappa shape index (κ3) is 6.08. The summed E-state index contributed by atoms with van der Waals surface area (Å²) in [7, 11) is -3.76. The fraction of sp³-hybridized carbons (Fsp3) is 0.136. The Labute approximate surface area is 190 Å². The molecule has 3 aromatic carbocycles. The number of non-ortho nitro benzene ring substituents is 1. The lowest BCUT2D eigenvalue weighted by atomic mass is 10.1. The van der Waals surface area contributed by atoms with Gasteiger partial charge in [-0.3, -0.25) is 19.6 Å². The molecule has 0 aliphatic carbocycles. The van der Waals surface area contributed by atoms with E-state index < -0.39 is 14.9 Å². The number of sulfonamides is 1. The van der Waals surface area contributed by atoms with Crippen molar-refractivity contribution in [3.05, 3.63) is 88.0 Å². The van der Waals surface area contributed by atoms with E-state index in [0.29, 0.717) is 11.4 Å². The molecule has 0 spiro atoms. The van der Waals surface area contributed by atoms with Gasteiger partial charge in [0.05, 0.1) is 15.6 Å². The highest BCUT2D eigenvalue weighted by molar-refractivity contribution is 8.00. The van der Waals surface area contributed by atoms with Gasteiger partial charge in [0.2, 0.25) is 5.91 Å². The minimum atomic E-state index is -3.76. The van der Waals surface area contributed by atoms with Gasteiger partial charge in [-0.15, -0.1) is 11.8 Å². The molecular weight excluding hydrogens is 450 g/mol. The molecular formula is C22H21N3O5S2. The van der Waals surface area contributed by atoms with Crippen molar-refractivity contribution >= 4 is 44.8 Å². The average Bonchev–Trinajstić information content (AvgIpc) is 2.75. The predicted molar refractivity (Wildman–Crippen MR) is 126 cm³/mol. The quantitative estimate of drug-likeness (QED) is 0.278. The first-order valence-corrected chi connectivity index (χ1v) is 12.0. The van der Waals surface area contributed by atoms with Crippen molar-refractivity contribution in [1.82, 2.24) is 0 Å². The molecule has 0 aliphatic rings. The van der Waals surface area contributed by atoms with Gasteiger partial charge in [0, 0.05) is 28.4 Å². The Morgan fingerprint density at radius 2 is 1.56 bits per heavy atom. The van der Waals surface area contributed by atoms with Gasteiger partial charge in [0.25, 0.3) is 15.7 Å². The Morgan fingerprint density at radius 3 is 2.16 bits per heavy atom. The topological polar surface area (TPSA) is 118 Å². The number of rotatable bonds is 8. The predicted octanol–water partition coefficient (Wildman–Crippen LogP) is 4.74. The third-order valence-electron chi connectivity index (χ3n) is 4.62. The van der Waals surface area contributed by atoms with Crippen molar-refractivity contribution in [1.29, 1.82) is 0 Å². The molecule has 0 fully saturated rings. The molecule has 2 N–H and O–H groups in total. The normalized spacial score (nSPS) is 11.1. The standard InChI is InChI=1S/C22H21N3O5S2/c1-15-3-4-18(13-16(15)2)24-32(29,30)21-11-5-17(6-12-21)23-22(26)14-31-20-9-7-19(8-10-20)25(27)28/h3-13,24H,14H2,1-2H3,(H,23,26). The maximum atomic E-state index is 12.6. The molecule has 32 heavy (non-hydrogen) atoms. The number of nitro benzene ring substituents is 1. The second kappa shape index (κ2) is 9.84. The van der Waals surface area contributed by atoms with Crippen LogP contribution in [0.3, 0.4) is 0 Å². The van der Waals surface area contributed by atoms with Crippen LogP contribution >= 0.6 is 11.8 Å². The number of nitrogens with one attached hydrogen (secondary N) is 2. The Bertz CT molecular complexity index is 1240. The zero-order chi connectivity index (χ0) is 23.3. The number of amides is 1. The molecule has 0 saturated heterocycles. The van der Waals surface area contributed by atoms with Crippen LogP contribution in [0.15, 0.2) is 76.5 Å². The number of hydrogen-bond acceptors (Lipinski definition) is 6. The smallest absolute Gasteiger partial charge is 0.269 e.